The molecule has 0 amide bonds. The first kappa shape index (κ1) is 14.3. The van der Waals surface area contributed by atoms with Gasteiger partial charge in [0.25, 0.3) is 0 Å². The Balaban J connectivity index is 1.95. The Morgan fingerprint density at radius 2 is 1.95 bits per heavy atom. The molecule has 1 aromatic rings. The zero-order valence-electron chi connectivity index (χ0n) is 11.9. The normalized spacial score (nSPS) is 19.3. The third-order valence-corrected chi connectivity index (χ3v) is 3.22. The molecule has 1 aliphatic heterocycles. The highest BCUT2D eigenvalue weighted by molar-refractivity contribution is 5.52. The maximum atomic E-state index is 5.66. The molecule has 4 nitrogen and oxygen atoms in total. The number of nitrogens with one attached hydrogen (secondary N) is 1. The highest BCUT2D eigenvalue weighted by Crippen LogP contribution is 2.22. The number of ether oxygens (including phenoxy) is 3. The van der Waals surface area contributed by atoms with Gasteiger partial charge in [0, 0.05) is 12.8 Å². The molecular weight excluding hydrogens is 242 g/mol. The summed E-state index contributed by atoms with van der Waals surface area (Å²) in [5, 5.41) is 3.49. The lowest BCUT2D eigenvalue weighted by Gasteiger charge is -2.35. The number of hydrogen-bond acceptors (Lipinski definition) is 4. The minimum Gasteiger partial charge on any atom is -0.384 e. The number of anilines is 1. The summed E-state index contributed by atoms with van der Waals surface area (Å²) in [6.45, 7) is 5.92. The van der Waals surface area contributed by atoms with Crippen LogP contribution in [0.5, 0.6) is 0 Å². The second kappa shape index (κ2) is 6.37. The van der Waals surface area contributed by atoms with Crippen LogP contribution in [0.25, 0.3) is 0 Å². The van der Waals surface area contributed by atoms with Gasteiger partial charge in [0.2, 0.25) is 0 Å². The van der Waals surface area contributed by atoms with E-state index in [0.717, 1.165) is 18.7 Å². The number of para-hydroxylation sites is 1. The maximum absolute atomic E-state index is 5.66. The van der Waals surface area contributed by atoms with Crippen LogP contribution in [0.4, 0.5) is 5.69 Å². The van der Waals surface area contributed by atoms with Gasteiger partial charge in [0.1, 0.15) is 0 Å². The van der Waals surface area contributed by atoms with Crippen LogP contribution >= 0.6 is 0 Å². The summed E-state index contributed by atoms with van der Waals surface area (Å²) < 4.78 is 16.5. The molecule has 1 fully saturated rings. The molecule has 1 aliphatic rings. The van der Waals surface area contributed by atoms with Gasteiger partial charge in [-0.15, -0.1) is 0 Å². The average Bonchev–Trinajstić information content (AvgIpc) is 2.40. The second-order valence-corrected chi connectivity index (χ2v) is 5.26. The van der Waals surface area contributed by atoms with Gasteiger partial charge in [-0.1, -0.05) is 18.2 Å². The van der Waals surface area contributed by atoms with E-state index in [1.54, 1.807) is 7.11 Å². The molecule has 0 saturated carbocycles. The van der Waals surface area contributed by atoms with Gasteiger partial charge in [-0.05, 0) is 31.9 Å². The van der Waals surface area contributed by atoms with E-state index in [1.165, 1.54) is 5.56 Å². The molecule has 0 spiro atoms. The number of hydrogen-bond donors (Lipinski definition) is 1. The van der Waals surface area contributed by atoms with Crippen molar-refractivity contribution in [3.63, 3.8) is 0 Å². The summed E-state index contributed by atoms with van der Waals surface area (Å²) in [4.78, 5) is 0. The minimum atomic E-state index is -0.465. The van der Waals surface area contributed by atoms with Crippen LogP contribution in [0.2, 0.25) is 0 Å². The molecule has 1 heterocycles. The topological polar surface area (TPSA) is 39.7 Å². The molecule has 2 rings (SSSR count). The summed E-state index contributed by atoms with van der Waals surface area (Å²) in [7, 11) is 1.72. The fourth-order valence-electron chi connectivity index (χ4n) is 2.09. The van der Waals surface area contributed by atoms with E-state index in [-0.39, 0.29) is 6.04 Å². The Kier molecular flexibility index (Phi) is 4.80. The summed E-state index contributed by atoms with van der Waals surface area (Å²) in [5.41, 5.74) is 2.39. The summed E-state index contributed by atoms with van der Waals surface area (Å²) in [6.07, 6.45) is 0.902. The van der Waals surface area contributed by atoms with Crippen LogP contribution in [0.1, 0.15) is 19.4 Å². The quantitative estimate of drug-likeness (QED) is 0.887. The van der Waals surface area contributed by atoms with Gasteiger partial charge >= 0.3 is 0 Å². The van der Waals surface area contributed by atoms with Gasteiger partial charge in [-0.3, -0.25) is 0 Å². The molecule has 0 bridgehead atoms. The van der Waals surface area contributed by atoms with Gasteiger partial charge in [0.15, 0.2) is 5.79 Å². The van der Waals surface area contributed by atoms with E-state index in [0.29, 0.717) is 13.2 Å². The van der Waals surface area contributed by atoms with Gasteiger partial charge in [-0.25, -0.2) is 0 Å². The van der Waals surface area contributed by atoms with Gasteiger partial charge in [0.05, 0.1) is 25.9 Å². The SMILES string of the molecule is COCCc1ccccc1NC1COC(C)(C)OC1. The fourth-order valence-corrected chi connectivity index (χ4v) is 2.09. The molecule has 0 atom stereocenters. The molecule has 19 heavy (non-hydrogen) atoms. The van der Waals surface area contributed by atoms with Crippen molar-refractivity contribution < 1.29 is 14.2 Å². The Bertz CT molecular complexity index is 396. The minimum absolute atomic E-state index is 0.191. The van der Waals surface area contributed by atoms with E-state index >= 15 is 0 Å². The Hall–Kier alpha value is -1.10. The predicted molar refractivity (Wildman–Crippen MR) is 75.4 cm³/mol. The summed E-state index contributed by atoms with van der Waals surface area (Å²) in [6, 6.07) is 8.48. The molecule has 1 N–H and O–H groups in total. The zero-order valence-corrected chi connectivity index (χ0v) is 11.9. The van der Waals surface area contributed by atoms with Crippen LogP contribution in [0.3, 0.4) is 0 Å². The van der Waals surface area contributed by atoms with Crippen molar-refractivity contribution in [1.29, 1.82) is 0 Å². The monoisotopic (exact) mass is 265 g/mol. The molecule has 1 aromatic carbocycles. The Morgan fingerprint density at radius 3 is 2.63 bits per heavy atom. The maximum Gasteiger partial charge on any atom is 0.162 e. The highest BCUT2D eigenvalue weighted by atomic mass is 16.7. The number of methoxy groups -OCH3 is 1. The second-order valence-electron chi connectivity index (χ2n) is 5.26. The number of rotatable bonds is 5. The zero-order chi connectivity index (χ0) is 13.7. The lowest BCUT2D eigenvalue weighted by molar-refractivity contribution is -0.247. The molecular formula is C15H23NO3. The van der Waals surface area contributed by atoms with Crippen LogP contribution in [-0.2, 0) is 20.6 Å². The van der Waals surface area contributed by atoms with Crippen molar-refractivity contribution in [2.24, 2.45) is 0 Å². The largest absolute Gasteiger partial charge is 0.384 e. The van der Waals surface area contributed by atoms with E-state index in [2.05, 4.69) is 17.4 Å². The fraction of sp³-hybridized carbons (Fsp3) is 0.600. The lowest BCUT2D eigenvalue weighted by Crippen LogP contribution is -2.45. The Morgan fingerprint density at radius 1 is 1.26 bits per heavy atom. The summed E-state index contributed by atoms with van der Waals surface area (Å²) in [5.74, 6) is -0.465. The van der Waals surface area contributed by atoms with Gasteiger partial charge < -0.3 is 19.5 Å². The lowest BCUT2D eigenvalue weighted by atomic mass is 10.1. The first-order chi connectivity index (χ1) is 9.11. The first-order valence-electron chi connectivity index (χ1n) is 6.72. The summed E-state index contributed by atoms with van der Waals surface area (Å²) >= 11 is 0. The molecule has 0 radical (unpaired) electrons. The van der Waals surface area contributed by atoms with Crippen molar-refractivity contribution in [3.8, 4) is 0 Å². The molecule has 0 unspecified atom stereocenters. The van der Waals surface area contributed by atoms with Crippen molar-refractivity contribution >= 4 is 5.69 Å². The average molecular weight is 265 g/mol. The Labute approximate surface area is 115 Å². The van der Waals surface area contributed by atoms with Crippen molar-refractivity contribution in [2.75, 3.05) is 32.2 Å². The standard InChI is InChI=1S/C15H23NO3/c1-15(2)18-10-13(11-19-15)16-14-7-5-4-6-12(14)8-9-17-3/h4-7,13,16H,8-11H2,1-3H3. The van der Waals surface area contributed by atoms with Gasteiger partial charge in [-0.2, -0.15) is 0 Å². The molecule has 1 saturated heterocycles. The van der Waals surface area contributed by atoms with E-state index in [9.17, 15) is 0 Å². The van der Waals surface area contributed by atoms with E-state index in [1.807, 2.05) is 26.0 Å². The van der Waals surface area contributed by atoms with Crippen LogP contribution in [0.15, 0.2) is 24.3 Å². The molecule has 0 aliphatic carbocycles. The third kappa shape index (κ3) is 4.20. The van der Waals surface area contributed by atoms with Crippen molar-refractivity contribution in [1.82, 2.24) is 0 Å². The molecule has 4 heteroatoms. The molecule has 0 aromatic heterocycles. The number of benzene rings is 1. The predicted octanol–water partition coefficient (Wildman–Crippen LogP) is 2.44. The highest BCUT2D eigenvalue weighted by Gasteiger charge is 2.28. The van der Waals surface area contributed by atoms with Crippen molar-refractivity contribution in [2.45, 2.75) is 32.1 Å². The third-order valence-electron chi connectivity index (χ3n) is 3.22. The molecule has 106 valence electrons. The van der Waals surface area contributed by atoms with Crippen molar-refractivity contribution in [3.05, 3.63) is 29.8 Å². The first-order valence-corrected chi connectivity index (χ1v) is 6.72. The van der Waals surface area contributed by atoms with E-state index in [4.69, 9.17) is 14.2 Å². The smallest absolute Gasteiger partial charge is 0.162 e. The van der Waals surface area contributed by atoms with Crippen LogP contribution in [-0.4, -0.2) is 38.8 Å². The van der Waals surface area contributed by atoms with Crippen LogP contribution < -0.4 is 5.32 Å². The van der Waals surface area contributed by atoms with E-state index < -0.39 is 5.79 Å². The van der Waals surface area contributed by atoms with Crippen LogP contribution in [0, 0.1) is 0 Å².